The van der Waals surface area contributed by atoms with Crippen LogP contribution in [0.25, 0.3) is 10.4 Å². The number of nitrogens with one attached hydrogen (secondary N) is 1. The third-order valence-corrected chi connectivity index (χ3v) is 3.19. The van der Waals surface area contributed by atoms with Gasteiger partial charge in [-0.25, -0.2) is 0 Å². The maximum atomic E-state index is 9.31. The van der Waals surface area contributed by atoms with Gasteiger partial charge in [0.1, 0.15) is 5.54 Å². The van der Waals surface area contributed by atoms with E-state index >= 15 is 0 Å². The summed E-state index contributed by atoms with van der Waals surface area (Å²) in [7, 11) is 0. The Balaban J connectivity index is 2.56. The highest BCUT2D eigenvalue weighted by Gasteiger charge is 2.39. The van der Waals surface area contributed by atoms with Gasteiger partial charge in [-0.05, 0) is 30.2 Å². The molecule has 1 saturated carbocycles. The molecule has 16 heavy (non-hydrogen) atoms. The maximum Gasteiger partial charge on any atom is 0.107 e. The molecule has 1 fully saturated rings. The van der Waals surface area contributed by atoms with Gasteiger partial charge in [0.05, 0.1) is 6.07 Å². The van der Waals surface area contributed by atoms with Crippen LogP contribution in [0, 0.1) is 16.7 Å². The number of hydrogen-bond donors (Lipinski definition) is 1. The summed E-state index contributed by atoms with van der Waals surface area (Å²) in [5, 5.41) is 16.0. The van der Waals surface area contributed by atoms with Gasteiger partial charge in [0.2, 0.25) is 0 Å². The number of rotatable bonds is 4. The molecule has 1 aliphatic carbocycles. The van der Waals surface area contributed by atoms with E-state index in [4.69, 9.17) is 5.53 Å². The van der Waals surface area contributed by atoms with Crippen LogP contribution in [0.5, 0.6) is 0 Å². The van der Waals surface area contributed by atoms with Gasteiger partial charge >= 0.3 is 0 Å². The van der Waals surface area contributed by atoms with Crippen LogP contribution in [-0.2, 0) is 0 Å². The molecule has 5 nitrogen and oxygen atoms in total. The quantitative estimate of drug-likeness (QED) is 0.342. The highest BCUT2D eigenvalue weighted by molar-refractivity contribution is 5.11. The fourth-order valence-electron chi connectivity index (χ4n) is 2.54. The monoisotopic (exact) mass is 221 g/mol. The van der Waals surface area contributed by atoms with Crippen molar-refractivity contribution in [1.82, 2.24) is 5.32 Å². The topological polar surface area (TPSA) is 84.6 Å². The van der Waals surface area contributed by atoms with Crippen molar-refractivity contribution < 1.29 is 0 Å². The maximum absolute atomic E-state index is 9.31. The van der Waals surface area contributed by atoms with E-state index in [2.05, 4.69) is 35.3 Å². The van der Waals surface area contributed by atoms with Gasteiger partial charge in [0.25, 0.3) is 0 Å². The van der Waals surface area contributed by atoms with Crippen molar-refractivity contribution in [2.45, 2.75) is 45.1 Å². The van der Waals surface area contributed by atoms with Crippen LogP contribution in [0.15, 0.2) is 5.11 Å². The highest BCUT2D eigenvalue weighted by atomic mass is 15.1. The lowest BCUT2D eigenvalue weighted by Gasteiger charge is -2.41. The average molecular weight is 221 g/mol. The first-order valence-corrected chi connectivity index (χ1v) is 5.71. The molecule has 1 atom stereocenters. The van der Waals surface area contributed by atoms with E-state index in [1.807, 2.05) is 0 Å². The molecule has 0 amide bonds. The minimum Gasteiger partial charge on any atom is -0.299 e. The molecule has 0 aromatic heterocycles. The Morgan fingerprint density at radius 3 is 2.81 bits per heavy atom. The standard InChI is InChI=1S/C11H19N5/c1-10(2)4-3-5-11(8-10,9-12)14-6-7-15-16-13/h14H,3-8H2,1-2H3. The SMILES string of the molecule is CC1(C)CCCC(C#N)(NCCN=[N+]=[N-])C1. The predicted octanol–water partition coefficient (Wildman–Crippen LogP) is 2.75. The normalized spacial score (nSPS) is 27.8. The average Bonchev–Trinajstić information content (AvgIpc) is 2.23. The van der Waals surface area contributed by atoms with Crippen molar-refractivity contribution in [2.75, 3.05) is 13.1 Å². The molecule has 1 N–H and O–H groups in total. The summed E-state index contributed by atoms with van der Waals surface area (Å²) in [4.78, 5) is 2.70. The van der Waals surface area contributed by atoms with Crippen LogP contribution >= 0.6 is 0 Å². The molecular weight excluding hydrogens is 202 g/mol. The third kappa shape index (κ3) is 3.41. The van der Waals surface area contributed by atoms with Crippen molar-refractivity contribution in [3.8, 4) is 6.07 Å². The highest BCUT2D eigenvalue weighted by Crippen LogP contribution is 2.40. The Labute approximate surface area is 96.5 Å². The molecule has 0 aliphatic heterocycles. The first-order valence-electron chi connectivity index (χ1n) is 5.71. The minimum absolute atomic E-state index is 0.222. The number of nitriles is 1. The minimum atomic E-state index is -0.424. The van der Waals surface area contributed by atoms with Gasteiger partial charge in [0, 0.05) is 18.0 Å². The summed E-state index contributed by atoms with van der Waals surface area (Å²) in [5.74, 6) is 0. The van der Waals surface area contributed by atoms with Crippen LogP contribution in [0.1, 0.15) is 39.5 Å². The molecule has 1 unspecified atom stereocenters. The van der Waals surface area contributed by atoms with E-state index in [1.54, 1.807) is 0 Å². The molecule has 0 bridgehead atoms. The molecule has 0 spiro atoms. The summed E-state index contributed by atoms with van der Waals surface area (Å²) in [6.07, 6.45) is 4.01. The second kappa shape index (κ2) is 5.20. The number of hydrogen-bond acceptors (Lipinski definition) is 3. The predicted molar refractivity (Wildman–Crippen MR) is 62.6 cm³/mol. The molecule has 1 rings (SSSR count). The summed E-state index contributed by atoms with van der Waals surface area (Å²) < 4.78 is 0. The van der Waals surface area contributed by atoms with Gasteiger partial charge in [-0.3, -0.25) is 5.32 Å². The zero-order valence-corrected chi connectivity index (χ0v) is 10.0. The van der Waals surface area contributed by atoms with E-state index in [-0.39, 0.29) is 5.41 Å². The summed E-state index contributed by atoms with van der Waals surface area (Å²) in [6.45, 7) is 5.38. The van der Waals surface area contributed by atoms with Gasteiger partial charge in [-0.2, -0.15) is 5.26 Å². The molecule has 0 radical (unpaired) electrons. The van der Waals surface area contributed by atoms with E-state index in [1.165, 1.54) is 6.42 Å². The largest absolute Gasteiger partial charge is 0.299 e. The van der Waals surface area contributed by atoms with Gasteiger partial charge in [-0.1, -0.05) is 25.4 Å². The second-order valence-corrected chi connectivity index (χ2v) is 5.27. The molecular formula is C11H19N5. The van der Waals surface area contributed by atoms with Crippen LogP contribution in [0.2, 0.25) is 0 Å². The summed E-state index contributed by atoms with van der Waals surface area (Å²) in [5.41, 5.74) is 7.97. The molecule has 0 aromatic rings. The summed E-state index contributed by atoms with van der Waals surface area (Å²) >= 11 is 0. The molecule has 0 saturated heterocycles. The van der Waals surface area contributed by atoms with Crippen LogP contribution in [0.3, 0.4) is 0 Å². The fourth-order valence-corrected chi connectivity index (χ4v) is 2.54. The lowest BCUT2D eigenvalue weighted by molar-refractivity contribution is 0.159. The zero-order valence-electron chi connectivity index (χ0n) is 10.0. The molecule has 88 valence electrons. The zero-order chi connectivity index (χ0) is 12.1. The summed E-state index contributed by atoms with van der Waals surface area (Å²) in [6, 6.07) is 2.40. The third-order valence-electron chi connectivity index (χ3n) is 3.19. The van der Waals surface area contributed by atoms with E-state index in [0.29, 0.717) is 13.1 Å². The lowest BCUT2D eigenvalue weighted by atomic mass is 9.68. The molecule has 0 aromatic carbocycles. The van der Waals surface area contributed by atoms with Crippen LogP contribution in [0.4, 0.5) is 0 Å². The van der Waals surface area contributed by atoms with E-state index in [9.17, 15) is 5.26 Å². The Hall–Kier alpha value is -1.24. The van der Waals surface area contributed by atoms with Gasteiger partial charge in [0.15, 0.2) is 0 Å². The Morgan fingerprint density at radius 1 is 1.50 bits per heavy atom. The van der Waals surface area contributed by atoms with Gasteiger partial charge in [-0.15, -0.1) is 0 Å². The molecule has 0 heterocycles. The van der Waals surface area contributed by atoms with Crippen LogP contribution < -0.4 is 5.32 Å². The second-order valence-electron chi connectivity index (χ2n) is 5.27. The van der Waals surface area contributed by atoms with E-state index in [0.717, 1.165) is 19.3 Å². The smallest absolute Gasteiger partial charge is 0.107 e. The molecule has 5 heteroatoms. The van der Waals surface area contributed by atoms with Crippen molar-refractivity contribution in [3.63, 3.8) is 0 Å². The Kier molecular flexibility index (Phi) is 4.17. The van der Waals surface area contributed by atoms with Crippen molar-refractivity contribution in [2.24, 2.45) is 10.5 Å². The fraction of sp³-hybridized carbons (Fsp3) is 0.909. The molecule has 1 aliphatic rings. The number of azide groups is 1. The van der Waals surface area contributed by atoms with Gasteiger partial charge < -0.3 is 0 Å². The van der Waals surface area contributed by atoms with Crippen molar-refractivity contribution >= 4 is 0 Å². The first kappa shape index (κ1) is 12.8. The van der Waals surface area contributed by atoms with Crippen LogP contribution in [-0.4, -0.2) is 18.6 Å². The van der Waals surface area contributed by atoms with E-state index < -0.39 is 5.54 Å². The lowest BCUT2D eigenvalue weighted by Crippen LogP contribution is -2.50. The van der Waals surface area contributed by atoms with Crippen molar-refractivity contribution in [3.05, 3.63) is 10.4 Å². The first-order chi connectivity index (χ1) is 7.54. The Bertz CT molecular complexity index is 324. The number of nitrogens with zero attached hydrogens (tertiary/aromatic N) is 4. The van der Waals surface area contributed by atoms with Crippen molar-refractivity contribution in [1.29, 1.82) is 5.26 Å². The Morgan fingerprint density at radius 2 is 2.25 bits per heavy atom.